The van der Waals surface area contributed by atoms with E-state index in [1.54, 1.807) is 0 Å². The minimum absolute atomic E-state index is 0.165. The summed E-state index contributed by atoms with van der Waals surface area (Å²) in [5, 5.41) is 0. The summed E-state index contributed by atoms with van der Waals surface area (Å²) < 4.78 is 5.51. The van der Waals surface area contributed by atoms with Crippen LogP contribution in [-0.4, -0.2) is 6.10 Å². The third-order valence-corrected chi connectivity index (χ3v) is 2.63. The van der Waals surface area contributed by atoms with Crippen molar-refractivity contribution in [1.29, 1.82) is 0 Å². The molecule has 3 rings (SSSR count). The first-order valence-corrected chi connectivity index (χ1v) is 5.15. The summed E-state index contributed by atoms with van der Waals surface area (Å²) in [5.74, 6) is 7.11. The monoisotopic (exact) mass is 184 g/mol. The average molecular weight is 184 g/mol. The molecule has 1 heteroatoms. The van der Waals surface area contributed by atoms with E-state index in [9.17, 15) is 0 Å². The lowest BCUT2D eigenvalue weighted by molar-refractivity contribution is 0.397. The smallest absolute Gasteiger partial charge is 0.149 e. The highest BCUT2D eigenvalue weighted by atomic mass is 16.6. The Kier molecular flexibility index (Phi) is 1.82. The topological polar surface area (TPSA) is 12.5 Å². The Hall–Kier alpha value is -1.26. The van der Waals surface area contributed by atoms with E-state index >= 15 is 0 Å². The van der Waals surface area contributed by atoms with E-state index in [4.69, 9.17) is 4.74 Å². The molecule has 2 fully saturated rings. The predicted octanol–water partition coefficient (Wildman–Crippen LogP) is 2.54. The van der Waals surface area contributed by atoms with Crippen molar-refractivity contribution in [3.63, 3.8) is 0 Å². The minimum atomic E-state index is 0.165. The fraction of sp³-hybridized carbons (Fsp3) is 0.385. The Morgan fingerprint density at radius 2 is 1.86 bits per heavy atom. The highest BCUT2D eigenvalue weighted by Crippen LogP contribution is 2.38. The predicted molar refractivity (Wildman–Crippen MR) is 54.6 cm³/mol. The summed E-state index contributed by atoms with van der Waals surface area (Å²) in [6, 6.07) is 10.3. The molecule has 1 saturated heterocycles. The summed E-state index contributed by atoms with van der Waals surface area (Å²) in [6.45, 7) is 0. The first kappa shape index (κ1) is 8.08. The van der Waals surface area contributed by atoms with E-state index in [1.165, 1.54) is 18.4 Å². The van der Waals surface area contributed by atoms with Gasteiger partial charge in [0.2, 0.25) is 0 Å². The lowest BCUT2D eigenvalue weighted by Crippen LogP contribution is -1.84. The zero-order chi connectivity index (χ0) is 9.38. The van der Waals surface area contributed by atoms with Crippen molar-refractivity contribution in [1.82, 2.24) is 0 Å². The van der Waals surface area contributed by atoms with E-state index in [0.717, 1.165) is 0 Å². The van der Waals surface area contributed by atoms with Gasteiger partial charge in [0.1, 0.15) is 12.2 Å². The van der Waals surface area contributed by atoms with Crippen LogP contribution in [0.15, 0.2) is 30.3 Å². The summed E-state index contributed by atoms with van der Waals surface area (Å²) >= 11 is 0. The highest BCUT2D eigenvalue weighted by Gasteiger charge is 2.38. The zero-order valence-electron chi connectivity index (χ0n) is 7.94. The van der Waals surface area contributed by atoms with Gasteiger partial charge in [-0.1, -0.05) is 42.2 Å². The van der Waals surface area contributed by atoms with Gasteiger partial charge in [0.25, 0.3) is 0 Å². The van der Waals surface area contributed by atoms with E-state index in [2.05, 4.69) is 24.0 Å². The molecule has 0 bridgehead atoms. The summed E-state index contributed by atoms with van der Waals surface area (Å²) in [7, 11) is 0. The molecule has 1 aromatic rings. The fourth-order valence-corrected chi connectivity index (χ4v) is 1.55. The molecule has 1 aliphatic carbocycles. The van der Waals surface area contributed by atoms with Crippen LogP contribution in [0.5, 0.6) is 0 Å². The van der Waals surface area contributed by atoms with Crippen molar-refractivity contribution in [2.45, 2.75) is 25.0 Å². The Balaban J connectivity index is 1.66. The van der Waals surface area contributed by atoms with Gasteiger partial charge in [-0.25, -0.2) is 0 Å². The molecule has 0 spiro atoms. The fourth-order valence-electron chi connectivity index (χ4n) is 1.55. The van der Waals surface area contributed by atoms with Gasteiger partial charge < -0.3 is 4.74 Å². The van der Waals surface area contributed by atoms with Crippen molar-refractivity contribution in [2.24, 2.45) is 5.92 Å². The normalized spacial score (nSPS) is 29.1. The van der Waals surface area contributed by atoms with Crippen LogP contribution < -0.4 is 0 Å². The Bertz CT molecular complexity index is 381. The lowest BCUT2D eigenvalue weighted by atomic mass is 10.1. The molecule has 0 aromatic heterocycles. The Labute approximate surface area is 84.1 Å². The van der Waals surface area contributed by atoms with Gasteiger partial charge in [0.05, 0.1) is 0 Å². The molecule has 1 heterocycles. The van der Waals surface area contributed by atoms with Crippen LogP contribution in [0.25, 0.3) is 0 Å². The summed E-state index contributed by atoms with van der Waals surface area (Å²) in [5.41, 5.74) is 1.25. The molecule has 1 nitrogen and oxygen atoms in total. The van der Waals surface area contributed by atoms with Gasteiger partial charge >= 0.3 is 0 Å². The number of hydrogen-bond acceptors (Lipinski definition) is 1. The SMILES string of the molecule is C(#CC1OC1c1ccccc1)C1CC1. The van der Waals surface area contributed by atoms with Crippen LogP contribution in [0.4, 0.5) is 0 Å². The third-order valence-electron chi connectivity index (χ3n) is 2.63. The van der Waals surface area contributed by atoms with Gasteiger partial charge in [0, 0.05) is 5.92 Å². The first-order valence-electron chi connectivity index (χ1n) is 5.15. The van der Waals surface area contributed by atoms with E-state index in [1.807, 2.05) is 18.2 Å². The van der Waals surface area contributed by atoms with Gasteiger partial charge in [-0.3, -0.25) is 0 Å². The second kappa shape index (κ2) is 3.15. The quantitative estimate of drug-likeness (QED) is 0.482. The van der Waals surface area contributed by atoms with Crippen LogP contribution in [0, 0.1) is 17.8 Å². The van der Waals surface area contributed by atoms with Crippen LogP contribution >= 0.6 is 0 Å². The van der Waals surface area contributed by atoms with E-state index in [0.29, 0.717) is 5.92 Å². The molecule has 1 aliphatic heterocycles. The maximum atomic E-state index is 5.51. The van der Waals surface area contributed by atoms with Crippen molar-refractivity contribution in [2.75, 3.05) is 0 Å². The minimum Gasteiger partial charge on any atom is -0.351 e. The highest BCUT2D eigenvalue weighted by molar-refractivity contribution is 5.28. The molecule has 1 aromatic carbocycles. The van der Waals surface area contributed by atoms with Gasteiger partial charge in [0.15, 0.2) is 0 Å². The van der Waals surface area contributed by atoms with Crippen molar-refractivity contribution in [3.05, 3.63) is 35.9 Å². The van der Waals surface area contributed by atoms with Crippen LogP contribution in [0.3, 0.4) is 0 Å². The molecule has 0 N–H and O–H groups in total. The molecule has 70 valence electrons. The number of ether oxygens (including phenoxy) is 1. The molecular formula is C13H12O. The second-order valence-corrected chi connectivity index (χ2v) is 3.95. The van der Waals surface area contributed by atoms with E-state index < -0.39 is 0 Å². The third kappa shape index (κ3) is 1.66. The summed E-state index contributed by atoms with van der Waals surface area (Å²) in [6.07, 6.45) is 2.98. The number of benzene rings is 1. The second-order valence-electron chi connectivity index (χ2n) is 3.95. The number of rotatable bonds is 1. The molecule has 2 unspecified atom stereocenters. The van der Waals surface area contributed by atoms with Crippen molar-refractivity contribution < 1.29 is 4.74 Å². The molecular weight excluding hydrogens is 172 g/mol. The molecule has 0 amide bonds. The first-order chi connectivity index (χ1) is 6.93. The summed E-state index contributed by atoms with van der Waals surface area (Å²) in [4.78, 5) is 0. The molecule has 2 atom stereocenters. The lowest BCUT2D eigenvalue weighted by Gasteiger charge is -1.90. The van der Waals surface area contributed by atoms with Crippen molar-refractivity contribution >= 4 is 0 Å². The van der Waals surface area contributed by atoms with Crippen LogP contribution in [0.2, 0.25) is 0 Å². The maximum Gasteiger partial charge on any atom is 0.149 e. The standard InChI is InChI=1S/C13H12O/c1-2-4-11(5-3-1)13-12(14-13)9-8-10-6-7-10/h1-5,10,12-13H,6-7H2. The molecule has 14 heavy (non-hydrogen) atoms. The van der Waals surface area contributed by atoms with Gasteiger partial charge in [-0.15, -0.1) is 0 Å². The number of epoxide rings is 1. The largest absolute Gasteiger partial charge is 0.351 e. The van der Waals surface area contributed by atoms with Gasteiger partial charge in [-0.05, 0) is 18.4 Å². The maximum absolute atomic E-state index is 5.51. The van der Waals surface area contributed by atoms with E-state index in [-0.39, 0.29) is 12.2 Å². The Morgan fingerprint density at radius 1 is 1.07 bits per heavy atom. The zero-order valence-corrected chi connectivity index (χ0v) is 7.94. The molecule has 0 radical (unpaired) electrons. The molecule has 1 saturated carbocycles. The van der Waals surface area contributed by atoms with Crippen LogP contribution in [0.1, 0.15) is 24.5 Å². The van der Waals surface area contributed by atoms with Crippen LogP contribution in [-0.2, 0) is 4.74 Å². The van der Waals surface area contributed by atoms with Gasteiger partial charge in [-0.2, -0.15) is 0 Å². The number of hydrogen-bond donors (Lipinski definition) is 0. The Morgan fingerprint density at radius 3 is 2.57 bits per heavy atom. The average Bonchev–Trinajstić information content (AvgIpc) is 3.12. The van der Waals surface area contributed by atoms with Crippen molar-refractivity contribution in [3.8, 4) is 11.8 Å². The molecule has 2 aliphatic rings.